The van der Waals surface area contributed by atoms with Crippen LogP contribution in [0.4, 0.5) is 0 Å². The van der Waals surface area contributed by atoms with Gasteiger partial charge in [-0.3, -0.25) is 9.59 Å². The predicted octanol–water partition coefficient (Wildman–Crippen LogP) is 0.879. The average Bonchev–Trinajstić information content (AvgIpc) is 2.19. The lowest BCUT2D eigenvalue weighted by Gasteiger charge is -2.37. The van der Waals surface area contributed by atoms with Crippen molar-refractivity contribution in [3.05, 3.63) is 0 Å². The zero-order valence-corrected chi connectivity index (χ0v) is 12.0. The van der Waals surface area contributed by atoms with Gasteiger partial charge in [0.05, 0.1) is 13.1 Å². The van der Waals surface area contributed by atoms with Crippen molar-refractivity contribution in [2.24, 2.45) is 11.3 Å². The Morgan fingerprint density at radius 2 is 1.82 bits per heavy atom. The number of carbonyl (C=O) groups is 2. The second kappa shape index (κ2) is 5.29. The molecule has 1 saturated heterocycles. The molecular formula is C12H22N2O2S. The van der Waals surface area contributed by atoms with Crippen molar-refractivity contribution in [1.82, 2.24) is 9.80 Å². The normalized spacial score (nSPS) is 19.8. The topological polar surface area (TPSA) is 40.6 Å². The molecule has 4 nitrogen and oxygen atoms in total. The van der Waals surface area contributed by atoms with E-state index in [1.165, 1.54) is 4.90 Å². The summed E-state index contributed by atoms with van der Waals surface area (Å²) in [5.41, 5.74) is 0.0917. The van der Waals surface area contributed by atoms with Gasteiger partial charge in [-0.1, -0.05) is 20.8 Å². The Morgan fingerprint density at radius 1 is 1.24 bits per heavy atom. The molecule has 0 radical (unpaired) electrons. The van der Waals surface area contributed by atoms with E-state index < -0.39 is 0 Å². The van der Waals surface area contributed by atoms with Crippen molar-refractivity contribution in [3.8, 4) is 0 Å². The lowest BCUT2D eigenvalue weighted by molar-refractivity contribution is -0.149. The largest absolute Gasteiger partial charge is 0.335 e. The molecule has 1 atom stereocenters. The maximum atomic E-state index is 11.8. The van der Waals surface area contributed by atoms with Gasteiger partial charge in [0, 0.05) is 13.6 Å². The van der Waals surface area contributed by atoms with E-state index in [2.05, 4.69) is 33.4 Å². The number of thiol groups is 1. The van der Waals surface area contributed by atoms with E-state index in [9.17, 15) is 9.59 Å². The van der Waals surface area contributed by atoms with E-state index in [4.69, 9.17) is 0 Å². The van der Waals surface area contributed by atoms with Crippen molar-refractivity contribution in [2.45, 2.75) is 20.8 Å². The highest BCUT2D eigenvalue weighted by molar-refractivity contribution is 7.80. The summed E-state index contributed by atoms with van der Waals surface area (Å²) in [7, 11) is 1.66. The highest BCUT2D eigenvalue weighted by atomic mass is 32.1. The highest BCUT2D eigenvalue weighted by Gasteiger charge is 2.32. The summed E-state index contributed by atoms with van der Waals surface area (Å²) in [6, 6.07) is 0. The van der Waals surface area contributed by atoms with E-state index in [1.807, 2.05) is 0 Å². The maximum Gasteiger partial charge on any atom is 0.242 e. The molecule has 0 saturated carbocycles. The standard InChI is InChI=1S/C12H22N2O2S/c1-12(2,3)9(8-17)5-14-7-10(15)13(4)6-11(14)16/h9,17H,5-8H2,1-4H3. The molecule has 0 aromatic heterocycles. The first-order valence-corrected chi connectivity index (χ1v) is 6.51. The Morgan fingerprint density at radius 3 is 2.29 bits per heavy atom. The number of rotatable bonds is 3. The Bertz CT molecular complexity index is 312. The van der Waals surface area contributed by atoms with Crippen LogP contribution in [0.5, 0.6) is 0 Å². The third kappa shape index (κ3) is 3.63. The van der Waals surface area contributed by atoms with Crippen molar-refractivity contribution in [2.75, 3.05) is 32.4 Å². The van der Waals surface area contributed by atoms with Gasteiger partial charge in [0.15, 0.2) is 0 Å². The number of nitrogens with zero attached hydrogens (tertiary/aromatic N) is 2. The summed E-state index contributed by atoms with van der Waals surface area (Å²) in [5.74, 6) is 1.06. The van der Waals surface area contributed by atoms with Crippen LogP contribution in [-0.2, 0) is 9.59 Å². The van der Waals surface area contributed by atoms with Crippen LogP contribution >= 0.6 is 12.6 Å². The number of amides is 2. The molecule has 5 heteroatoms. The molecule has 1 unspecified atom stereocenters. The first-order valence-electron chi connectivity index (χ1n) is 5.88. The summed E-state index contributed by atoms with van der Waals surface area (Å²) in [6.07, 6.45) is 0. The fourth-order valence-corrected chi connectivity index (χ4v) is 2.46. The van der Waals surface area contributed by atoms with Gasteiger partial charge in [0.25, 0.3) is 0 Å². The average molecular weight is 258 g/mol. The summed E-state index contributed by atoms with van der Waals surface area (Å²) in [4.78, 5) is 26.6. The minimum absolute atomic E-state index is 0.0106. The van der Waals surface area contributed by atoms with E-state index in [-0.39, 0.29) is 30.3 Å². The Hall–Kier alpha value is -0.710. The molecule has 1 heterocycles. The van der Waals surface area contributed by atoms with Gasteiger partial charge >= 0.3 is 0 Å². The molecule has 0 N–H and O–H groups in total. The van der Waals surface area contributed by atoms with Gasteiger partial charge in [-0.2, -0.15) is 12.6 Å². The Labute approximate surface area is 109 Å². The number of piperazine rings is 1. The number of hydrogen-bond acceptors (Lipinski definition) is 3. The molecule has 1 fully saturated rings. The predicted molar refractivity (Wildman–Crippen MR) is 71.0 cm³/mol. The second-order valence-corrected chi connectivity index (χ2v) is 6.13. The smallest absolute Gasteiger partial charge is 0.242 e. The molecule has 1 aliphatic heterocycles. The van der Waals surface area contributed by atoms with Crippen LogP contribution in [-0.4, -0.2) is 54.0 Å². The fraction of sp³-hybridized carbons (Fsp3) is 0.833. The van der Waals surface area contributed by atoms with Gasteiger partial charge in [0.2, 0.25) is 11.8 Å². The van der Waals surface area contributed by atoms with Gasteiger partial charge in [0.1, 0.15) is 0 Å². The van der Waals surface area contributed by atoms with Crippen molar-refractivity contribution >= 4 is 24.4 Å². The van der Waals surface area contributed by atoms with E-state index in [0.717, 1.165) is 5.75 Å². The lowest BCUT2D eigenvalue weighted by atomic mass is 9.81. The molecule has 1 aliphatic rings. The number of likely N-dealkylation sites (N-methyl/N-ethyl adjacent to an activating group) is 1. The van der Waals surface area contributed by atoms with Gasteiger partial charge in [-0.15, -0.1) is 0 Å². The molecule has 98 valence electrons. The Balaban J connectivity index is 2.67. The number of carbonyl (C=O) groups excluding carboxylic acids is 2. The molecule has 17 heavy (non-hydrogen) atoms. The van der Waals surface area contributed by atoms with E-state index >= 15 is 0 Å². The molecule has 0 aromatic carbocycles. The molecule has 0 bridgehead atoms. The third-order valence-electron chi connectivity index (χ3n) is 3.36. The SMILES string of the molecule is CN1CC(=O)N(CC(CS)C(C)(C)C)CC1=O. The van der Waals surface area contributed by atoms with Gasteiger partial charge in [-0.25, -0.2) is 0 Å². The van der Waals surface area contributed by atoms with Crippen molar-refractivity contribution in [3.63, 3.8) is 0 Å². The van der Waals surface area contributed by atoms with Crippen LogP contribution in [0.3, 0.4) is 0 Å². The highest BCUT2D eigenvalue weighted by Crippen LogP contribution is 2.28. The van der Waals surface area contributed by atoms with Gasteiger partial charge in [-0.05, 0) is 17.1 Å². The minimum Gasteiger partial charge on any atom is -0.335 e. The lowest BCUT2D eigenvalue weighted by Crippen LogP contribution is -2.54. The summed E-state index contributed by atoms with van der Waals surface area (Å²) in [5, 5.41) is 0. The van der Waals surface area contributed by atoms with Crippen LogP contribution < -0.4 is 0 Å². The summed E-state index contributed by atoms with van der Waals surface area (Å²) in [6.45, 7) is 7.42. The monoisotopic (exact) mass is 258 g/mol. The zero-order valence-electron chi connectivity index (χ0n) is 11.1. The van der Waals surface area contributed by atoms with Crippen LogP contribution in [0, 0.1) is 11.3 Å². The molecule has 0 aliphatic carbocycles. The zero-order chi connectivity index (χ0) is 13.2. The fourth-order valence-electron chi connectivity index (χ4n) is 1.80. The molecule has 0 aromatic rings. The van der Waals surface area contributed by atoms with Gasteiger partial charge < -0.3 is 9.80 Å². The van der Waals surface area contributed by atoms with Crippen LogP contribution in [0.1, 0.15) is 20.8 Å². The quantitative estimate of drug-likeness (QED) is 0.764. The minimum atomic E-state index is 0.0106. The third-order valence-corrected chi connectivity index (χ3v) is 3.80. The van der Waals surface area contributed by atoms with Crippen LogP contribution in [0.25, 0.3) is 0 Å². The number of hydrogen-bond donors (Lipinski definition) is 1. The Kier molecular flexibility index (Phi) is 4.47. The summed E-state index contributed by atoms with van der Waals surface area (Å²) >= 11 is 4.35. The molecule has 1 rings (SSSR count). The maximum absolute atomic E-state index is 11.8. The summed E-state index contributed by atoms with van der Waals surface area (Å²) < 4.78 is 0. The molecular weight excluding hydrogens is 236 g/mol. The van der Waals surface area contributed by atoms with Crippen molar-refractivity contribution < 1.29 is 9.59 Å². The second-order valence-electron chi connectivity index (χ2n) is 5.77. The van der Waals surface area contributed by atoms with Crippen molar-refractivity contribution in [1.29, 1.82) is 0 Å². The van der Waals surface area contributed by atoms with E-state index in [1.54, 1.807) is 11.9 Å². The first-order chi connectivity index (χ1) is 7.75. The molecule has 0 spiro atoms. The van der Waals surface area contributed by atoms with E-state index in [0.29, 0.717) is 12.5 Å². The van der Waals surface area contributed by atoms with Crippen LogP contribution in [0.15, 0.2) is 0 Å². The molecule has 2 amide bonds. The first kappa shape index (κ1) is 14.4. The van der Waals surface area contributed by atoms with Crippen LogP contribution in [0.2, 0.25) is 0 Å².